The van der Waals surface area contributed by atoms with Crippen molar-refractivity contribution in [1.29, 1.82) is 0 Å². The minimum absolute atomic E-state index is 0.155. The summed E-state index contributed by atoms with van der Waals surface area (Å²) in [6, 6.07) is 19.4. The highest BCUT2D eigenvalue weighted by Gasteiger charge is 2.66. The van der Waals surface area contributed by atoms with E-state index in [9.17, 15) is 9.90 Å². The Morgan fingerprint density at radius 2 is 1.52 bits per heavy atom. The quantitative estimate of drug-likeness (QED) is 0.831. The van der Waals surface area contributed by atoms with Crippen molar-refractivity contribution in [2.24, 2.45) is 11.3 Å². The van der Waals surface area contributed by atoms with Gasteiger partial charge in [-0.1, -0.05) is 79.9 Å². The summed E-state index contributed by atoms with van der Waals surface area (Å²) in [5, 5.41) is 11.3. The van der Waals surface area contributed by atoms with Crippen molar-refractivity contribution in [2.75, 3.05) is 0 Å². The largest absolute Gasteiger partial charge is 0.455 e. The molecule has 0 spiro atoms. The lowest BCUT2D eigenvalue weighted by molar-refractivity contribution is -0.246. The average Bonchev–Trinajstić information content (AvgIpc) is 2.68. The monoisotopic (exact) mass is 336 g/mol. The van der Waals surface area contributed by atoms with Gasteiger partial charge in [0.25, 0.3) is 0 Å². The third-order valence-corrected chi connectivity index (χ3v) is 5.96. The summed E-state index contributed by atoms with van der Waals surface area (Å²) in [5.41, 5.74) is 0.900. The Labute approximate surface area is 148 Å². The van der Waals surface area contributed by atoms with Gasteiger partial charge in [0, 0.05) is 0 Å². The van der Waals surface area contributed by atoms with Gasteiger partial charge in [-0.15, -0.1) is 0 Å². The van der Waals surface area contributed by atoms with Crippen molar-refractivity contribution in [1.82, 2.24) is 0 Å². The van der Waals surface area contributed by atoms with Crippen molar-refractivity contribution in [3.63, 3.8) is 0 Å². The molecule has 1 heterocycles. The number of aliphatic hydroxyl groups excluding tert-OH is 1. The average molecular weight is 336 g/mol. The zero-order valence-corrected chi connectivity index (χ0v) is 14.3. The van der Waals surface area contributed by atoms with Gasteiger partial charge in [-0.2, -0.15) is 0 Å². The third-order valence-electron chi connectivity index (χ3n) is 5.96. The Kier molecular flexibility index (Phi) is 4.34. The van der Waals surface area contributed by atoms with Gasteiger partial charge in [-0.3, -0.25) is 4.79 Å². The molecule has 0 aromatic heterocycles. The van der Waals surface area contributed by atoms with Crippen LogP contribution in [-0.4, -0.2) is 11.1 Å². The number of rotatable bonds is 4. The predicted octanol–water partition coefficient (Wildman–Crippen LogP) is 4.58. The molecule has 3 nitrogen and oxygen atoms in total. The second kappa shape index (κ2) is 6.64. The molecule has 2 fully saturated rings. The lowest BCUT2D eigenvalue weighted by atomic mass is 9.57. The van der Waals surface area contributed by atoms with E-state index in [0.29, 0.717) is 0 Å². The van der Waals surface area contributed by atoms with Gasteiger partial charge >= 0.3 is 5.97 Å². The van der Waals surface area contributed by atoms with Gasteiger partial charge in [-0.05, 0) is 29.9 Å². The van der Waals surface area contributed by atoms with Gasteiger partial charge < -0.3 is 9.84 Å². The molecule has 2 aliphatic rings. The zero-order valence-electron chi connectivity index (χ0n) is 14.3. The molecule has 130 valence electrons. The summed E-state index contributed by atoms with van der Waals surface area (Å²) in [6.07, 6.45) is 4.16. The Morgan fingerprint density at radius 1 is 0.920 bits per heavy atom. The molecule has 0 bridgehead atoms. The number of carbonyl (C=O) groups excluding carboxylic acids is 1. The molecular weight excluding hydrogens is 312 g/mol. The van der Waals surface area contributed by atoms with Gasteiger partial charge in [-0.25, -0.2) is 0 Å². The maximum atomic E-state index is 12.9. The third kappa shape index (κ3) is 2.58. The Bertz CT molecular complexity index is 678. The highest BCUT2D eigenvalue weighted by molar-refractivity contribution is 5.85. The topological polar surface area (TPSA) is 46.5 Å². The summed E-state index contributed by atoms with van der Waals surface area (Å²) < 4.78 is 5.64. The molecule has 2 aromatic carbocycles. The Morgan fingerprint density at radius 3 is 2.12 bits per heavy atom. The number of hydrogen-bond acceptors (Lipinski definition) is 3. The second-order valence-corrected chi connectivity index (χ2v) is 7.28. The standard InChI is InChI=1S/C22H24O3/c23-19(16-10-4-1-5-11-16)22(18-14-8-3-9-15-18)20(25-21(22)24)17-12-6-2-7-13-17/h1-2,4-7,10-13,18-20,23H,3,8-9,14-15H2/t19-,20+,22+/m1/s1. The molecule has 1 aliphatic carbocycles. The first-order chi connectivity index (χ1) is 12.2. The van der Waals surface area contributed by atoms with Crippen molar-refractivity contribution in [3.8, 4) is 0 Å². The molecule has 4 rings (SSSR count). The normalized spacial score (nSPS) is 28.0. The van der Waals surface area contributed by atoms with Crippen LogP contribution in [0.4, 0.5) is 0 Å². The van der Waals surface area contributed by atoms with Crippen LogP contribution in [0.2, 0.25) is 0 Å². The highest BCUT2D eigenvalue weighted by atomic mass is 16.6. The molecule has 1 saturated carbocycles. The van der Waals surface area contributed by atoms with Gasteiger partial charge in [0.1, 0.15) is 11.5 Å². The van der Waals surface area contributed by atoms with Gasteiger partial charge in [0.2, 0.25) is 0 Å². The highest BCUT2D eigenvalue weighted by Crippen LogP contribution is 2.62. The first-order valence-corrected chi connectivity index (χ1v) is 9.23. The van der Waals surface area contributed by atoms with E-state index < -0.39 is 11.5 Å². The summed E-state index contributed by atoms with van der Waals surface area (Å²) in [4.78, 5) is 12.9. The smallest absolute Gasteiger partial charge is 0.320 e. The number of aliphatic hydroxyl groups is 1. The molecule has 0 amide bonds. The van der Waals surface area contributed by atoms with Crippen LogP contribution in [0.3, 0.4) is 0 Å². The van der Waals surface area contributed by atoms with Crippen molar-refractivity contribution < 1.29 is 14.6 Å². The molecule has 1 saturated heterocycles. The van der Waals surface area contributed by atoms with Crippen LogP contribution in [0.5, 0.6) is 0 Å². The van der Waals surface area contributed by atoms with Gasteiger partial charge in [0.05, 0.1) is 6.10 Å². The van der Waals surface area contributed by atoms with Crippen LogP contribution >= 0.6 is 0 Å². The molecule has 1 aliphatic heterocycles. The minimum Gasteiger partial charge on any atom is -0.455 e. The van der Waals surface area contributed by atoms with Crippen LogP contribution in [-0.2, 0) is 9.53 Å². The molecule has 1 N–H and O–H groups in total. The van der Waals surface area contributed by atoms with Crippen LogP contribution < -0.4 is 0 Å². The van der Waals surface area contributed by atoms with Gasteiger partial charge in [0.15, 0.2) is 0 Å². The number of ether oxygens (including phenoxy) is 1. The summed E-state index contributed by atoms with van der Waals surface area (Å²) in [7, 11) is 0. The van der Waals surface area contributed by atoms with Crippen LogP contribution in [0.25, 0.3) is 0 Å². The van der Waals surface area contributed by atoms with Crippen LogP contribution in [0.1, 0.15) is 55.4 Å². The number of esters is 1. The molecule has 3 heteroatoms. The number of hydrogen-bond donors (Lipinski definition) is 1. The maximum absolute atomic E-state index is 12.9. The van der Waals surface area contributed by atoms with Crippen molar-refractivity contribution >= 4 is 5.97 Å². The Balaban J connectivity index is 1.79. The lowest BCUT2D eigenvalue weighted by Gasteiger charge is -2.54. The first-order valence-electron chi connectivity index (χ1n) is 9.23. The molecule has 2 aromatic rings. The fourth-order valence-corrected chi connectivity index (χ4v) is 4.68. The predicted molar refractivity (Wildman–Crippen MR) is 95.7 cm³/mol. The fourth-order valence-electron chi connectivity index (χ4n) is 4.68. The second-order valence-electron chi connectivity index (χ2n) is 7.28. The summed E-state index contributed by atoms with van der Waals surface area (Å²) in [6.45, 7) is 0. The molecule has 0 unspecified atom stereocenters. The van der Waals surface area contributed by atoms with Crippen LogP contribution in [0.15, 0.2) is 60.7 Å². The van der Waals surface area contributed by atoms with E-state index in [2.05, 4.69) is 0 Å². The molecular formula is C22H24O3. The number of carbonyl (C=O) groups is 1. The van der Waals surface area contributed by atoms with E-state index in [4.69, 9.17) is 4.74 Å². The summed E-state index contributed by atoms with van der Waals surface area (Å²) >= 11 is 0. The van der Waals surface area contributed by atoms with E-state index in [1.165, 1.54) is 6.42 Å². The molecule has 3 atom stereocenters. The lowest BCUT2D eigenvalue weighted by Crippen LogP contribution is -2.59. The van der Waals surface area contributed by atoms with Crippen LogP contribution in [0, 0.1) is 11.3 Å². The minimum atomic E-state index is -0.872. The first kappa shape index (κ1) is 16.3. The fraction of sp³-hybridized carbons (Fsp3) is 0.409. The van der Waals surface area contributed by atoms with E-state index in [1.54, 1.807) is 0 Å². The van der Waals surface area contributed by atoms with E-state index in [-0.39, 0.29) is 18.0 Å². The summed E-state index contributed by atoms with van der Waals surface area (Å²) in [5.74, 6) is -0.0903. The molecule has 0 radical (unpaired) electrons. The van der Waals surface area contributed by atoms with Crippen molar-refractivity contribution in [2.45, 2.75) is 44.3 Å². The van der Waals surface area contributed by atoms with E-state index >= 15 is 0 Å². The molecule has 25 heavy (non-hydrogen) atoms. The van der Waals surface area contributed by atoms with E-state index in [0.717, 1.165) is 36.8 Å². The van der Waals surface area contributed by atoms with E-state index in [1.807, 2.05) is 60.7 Å². The Hall–Kier alpha value is -2.13. The number of cyclic esters (lactones) is 1. The number of benzene rings is 2. The van der Waals surface area contributed by atoms with Crippen molar-refractivity contribution in [3.05, 3.63) is 71.8 Å². The zero-order chi connectivity index (χ0) is 17.3. The SMILES string of the molecule is O=C1O[C@@H](c2ccccc2)[C@]1(C1CCCCC1)[C@H](O)c1ccccc1. The maximum Gasteiger partial charge on any atom is 0.320 e.